The van der Waals surface area contributed by atoms with E-state index >= 15 is 0 Å². The van der Waals surface area contributed by atoms with Gasteiger partial charge < -0.3 is 15.2 Å². The summed E-state index contributed by atoms with van der Waals surface area (Å²) in [5.74, 6) is 5.76. The van der Waals surface area contributed by atoms with E-state index in [1.807, 2.05) is 19.1 Å². The number of hydrogen-bond acceptors (Lipinski definition) is 3. The minimum absolute atomic E-state index is 0.0494. The van der Waals surface area contributed by atoms with Crippen molar-refractivity contribution in [1.82, 2.24) is 5.32 Å². The third-order valence-electron chi connectivity index (χ3n) is 3.30. The fraction of sp³-hybridized carbons (Fsp3) is 0.471. The van der Waals surface area contributed by atoms with Gasteiger partial charge in [0.05, 0.1) is 19.3 Å². The number of benzene rings is 1. The van der Waals surface area contributed by atoms with E-state index in [9.17, 15) is 4.79 Å². The molecule has 112 valence electrons. The van der Waals surface area contributed by atoms with Gasteiger partial charge in [0.2, 0.25) is 0 Å². The van der Waals surface area contributed by atoms with E-state index < -0.39 is 0 Å². The summed E-state index contributed by atoms with van der Waals surface area (Å²) >= 11 is 0. The Labute approximate surface area is 125 Å². The molecule has 1 atom stereocenters. The van der Waals surface area contributed by atoms with Crippen LogP contribution < -0.4 is 5.32 Å². The number of carbonyl (C=O) groups excluding carboxylic acids is 1. The summed E-state index contributed by atoms with van der Waals surface area (Å²) in [7, 11) is 0. The fourth-order valence-corrected chi connectivity index (χ4v) is 2.33. The van der Waals surface area contributed by atoms with Crippen molar-refractivity contribution in [2.24, 2.45) is 0 Å². The molecule has 4 heteroatoms. The van der Waals surface area contributed by atoms with Crippen LogP contribution in [-0.4, -0.2) is 36.9 Å². The van der Waals surface area contributed by atoms with Gasteiger partial charge in [0.15, 0.2) is 0 Å². The molecule has 1 aliphatic heterocycles. The molecule has 0 saturated carbocycles. The van der Waals surface area contributed by atoms with Gasteiger partial charge >= 0.3 is 0 Å². The number of aliphatic hydroxyl groups excluding tert-OH is 1. The lowest BCUT2D eigenvalue weighted by atomic mass is 10.0. The number of aliphatic hydroxyl groups is 1. The normalized spacial score (nSPS) is 17.7. The maximum Gasteiger partial charge on any atom is 0.251 e. The highest BCUT2D eigenvalue weighted by Gasteiger charge is 2.17. The number of nitrogens with one attached hydrogen (secondary N) is 1. The number of carbonyl (C=O) groups is 1. The number of hydrogen-bond donors (Lipinski definition) is 2. The molecular weight excluding hydrogens is 266 g/mol. The molecule has 0 radical (unpaired) electrons. The second-order valence-corrected chi connectivity index (χ2v) is 5.25. The quantitative estimate of drug-likeness (QED) is 0.831. The van der Waals surface area contributed by atoms with Gasteiger partial charge in [-0.15, -0.1) is 0 Å². The van der Waals surface area contributed by atoms with Gasteiger partial charge in [-0.3, -0.25) is 4.79 Å². The van der Waals surface area contributed by atoms with E-state index in [1.165, 1.54) is 0 Å². The maximum atomic E-state index is 12.3. The molecule has 1 saturated heterocycles. The van der Waals surface area contributed by atoms with E-state index in [1.54, 1.807) is 6.07 Å². The third-order valence-corrected chi connectivity index (χ3v) is 3.30. The number of amides is 1. The number of ether oxygens (including phenoxy) is 1. The summed E-state index contributed by atoms with van der Waals surface area (Å²) in [6.07, 6.45) is 2.38. The first-order valence-corrected chi connectivity index (χ1v) is 7.29. The van der Waals surface area contributed by atoms with Crippen LogP contribution in [0.15, 0.2) is 18.2 Å². The second kappa shape index (κ2) is 7.82. The Morgan fingerprint density at radius 3 is 3.05 bits per heavy atom. The zero-order chi connectivity index (χ0) is 15.1. The van der Waals surface area contributed by atoms with Crippen LogP contribution in [0.5, 0.6) is 0 Å². The Bertz CT molecular complexity index is 551. The standard InChI is InChI=1S/C17H21NO3/c1-13-9-14(5-2-3-7-19)11-15(10-13)17(20)18-16-6-4-8-21-12-16/h9-11,16,19H,3-4,6-8,12H2,1H3,(H,18,20). The van der Waals surface area contributed by atoms with Crippen molar-refractivity contribution in [3.63, 3.8) is 0 Å². The number of rotatable bonds is 3. The van der Waals surface area contributed by atoms with E-state index in [-0.39, 0.29) is 18.6 Å². The highest BCUT2D eigenvalue weighted by Crippen LogP contribution is 2.11. The Balaban J connectivity index is 2.07. The van der Waals surface area contributed by atoms with Crippen molar-refractivity contribution in [1.29, 1.82) is 0 Å². The van der Waals surface area contributed by atoms with Crippen molar-refractivity contribution >= 4 is 5.91 Å². The summed E-state index contributed by atoms with van der Waals surface area (Å²) in [5.41, 5.74) is 2.42. The van der Waals surface area contributed by atoms with Crippen LogP contribution in [0.4, 0.5) is 0 Å². The summed E-state index contributed by atoms with van der Waals surface area (Å²) in [4.78, 5) is 12.3. The molecule has 0 spiro atoms. The number of aryl methyl sites for hydroxylation is 1. The van der Waals surface area contributed by atoms with Crippen molar-refractivity contribution in [2.45, 2.75) is 32.2 Å². The summed E-state index contributed by atoms with van der Waals surface area (Å²) in [5, 5.41) is 11.8. The first-order chi connectivity index (χ1) is 10.2. The average molecular weight is 287 g/mol. The summed E-state index contributed by atoms with van der Waals surface area (Å²) in [6, 6.07) is 5.67. The van der Waals surface area contributed by atoms with Crippen LogP contribution >= 0.6 is 0 Å². The second-order valence-electron chi connectivity index (χ2n) is 5.25. The summed E-state index contributed by atoms with van der Waals surface area (Å²) < 4.78 is 5.37. The first kappa shape index (κ1) is 15.6. The van der Waals surface area contributed by atoms with Crippen LogP contribution in [0.1, 0.15) is 40.7 Å². The van der Waals surface area contributed by atoms with Gasteiger partial charge in [0.1, 0.15) is 0 Å². The van der Waals surface area contributed by atoms with Gasteiger partial charge in [-0.1, -0.05) is 11.8 Å². The molecule has 4 nitrogen and oxygen atoms in total. The zero-order valence-electron chi connectivity index (χ0n) is 12.3. The minimum Gasteiger partial charge on any atom is -0.395 e. The Morgan fingerprint density at radius 1 is 1.48 bits per heavy atom. The smallest absolute Gasteiger partial charge is 0.251 e. The molecule has 1 heterocycles. The third kappa shape index (κ3) is 4.89. The molecule has 1 amide bonds. The van der Waals surface area contributed by atoms with Crippen molar-refractivity contribution in [2.75, 3.05) is 19.8 Å². The largest absolute Gasteiger partial charge is 0.395 e. The van der Waals surface area contributed by atoms with Crippen LogP contribution in [-0.2, 0) is 4.74 Å². The molecular formula is C17H21NO3. The van der Waals surface area contributed by atoms with E-state index in [2.05, 4.69) is 17.2 Å². The maximum absolute atomic E-state index is 12.3. The highest BCUT2D eigenvalue weighted by atomic mass is 16.5. The molecule has 2 rings (SSSR count). The van der Waals surface area contributed by atoms with Crippen LogP contribution in [0, 0.1) is 18.8 Å². The van der Waals surface area contributed by atoms with Gasteiger partial charge in [-0.05, 0) is 43.5 Å². The predicted molar refractivity (Wildman–Crippen MR) is 81.1 cm³/mol. The molecule has 21 heavy (non-hydrogen) atoms. The Morgan fingerprint density at radius 2 is 2.33 bits per heavy atom. The van der Waals surface area contributed by atoms with Crippen LogP contribution in [0.2, 0.25) is 0 Å². The van der Waals surface area contributed by atoms with Crippen molar-refractivity contribution in [3.8, 4) is 11.8 Å². The highest BCUT2D eigenvalue weighted by molar-refractivity contribution is 5.95. The van der Waals surface area contributed by atoms with Crippen molar-refractivity contribution < 1.29 is 14.6 Å². The average Bonchev–Trinajstić information content (AvgIpc) is 2.48. The predicted octanol–water partition coefficient (Wildman–Crippen LogP) is 1.64. The topological polar surface area (TPSA) is 58.6 Å². The fourth-order valence-electron chi connectivity index (χ4n) is 2.33. The van der Waals surface area contributed by atoms with E-state index in [0.717, 1.165) is 30.6 Å². The van der Waals surface area contributed by atoms with Gasteiger partial charge in [0.25, 0.3) is 5.91 Å². The molecule has 0 aliphatic carbocycles. The molecule has 1 fully saturated rings. The van der Waals surface area contributed by atoms with E-state index in [4.69, 9.17) is 9.84 Å². The van der Waals surface area contributed by atoms with Crippen LogP contribution in [0.25, 0.3) is 0 Å². The molecule has 1 aromatic carbocycles. The summed E-state index contributed by atoms with van der Waals surface area (Å²) in [6.45, 7) is 3.35. The molecule has 0 aromatic heterocycles. The van der Waals surface area contributed by atoms with Gasteiger partial charge in [-0.25, -0.2) is 0 Å². The molecule has 1 aliphatic rings. The molecule has 1 unspecified atom stereocenters. The molecule has 0 bridgehead atoms. The van der Waals surface area contributed by atoms with Crippen LogP contribution in [0.3, 0.4) is 0 Å². The van der Waals surface area contributed by atoms with Crippen molar-refractivity contribution in [3.05, 3.63) is 34.9 Å². The van der Waals surface area contributed by atoms with Gasteiger partial charge in [0, 0.05) is 24.2 Å². The lowest BCUT2D eigenvalue weighted by Crippen LogP contribution is -2.40. The Kier molecular flexibility index (Phi) is 5.79. The Hall–Kier alpha value is -1.83. The zero-order valence-corrected chi connectivity index (χ0v) is 12.3. The lowest BCUT2D eigenvalue weighted by Gasteiger charge is -2.23. The molecule has 2 N–H and O–H groups in total. The van der Waals surface area contributed by atoms with E-state index in [0.29, 0.717) is 18.6 Å². The molecule has 1 aromatic rings. The first-order valence-electron chi connectivity index (χ1n) is 7.29. The SMILES string of the molecule is Cc1cc(C#CCCO)cc(C(=O)NC2CCCOC2)c1. The lowest BCUT2D eigenvalue weighted by molar-refractivity contribution is 0.0624. The monoisotopic (exact) mass is 287 g/mol. The van der Waals surface area contributed by atoms with Gasteiger partial charge in [-0.2, -0.15) is 0 Å². The minimum atomic E-state index is -0.0839.